The highest BCUT2D eigenvalue weighted by molar-refractivity contribution is 5.71. The molecule has 6 heteroatoms. The van der Waals surface area contributed by atoms with Crippen LogP contribution in [0.3, 0.4) is 0 Å². The van der Waals surface area contributed by atoms with Crippen molar-refractivity contribution in [3.8, 4) is 0 Å². The van der Waals surface area contributed by atoms with Gasteiger partial charge in [0, 0.05) is 19.3 Å². The average molecular weight is 906 g/mol. The molecule has 64 heavy (non-hydrogen) atoms. The van der Waals surface area contributed by atoms with E-state index in [0.717, 1.165) is 69.6 Å². The number of rotatable bonds is 52. The van der Waals surface area contributed by atoms with Crippen LogP contribution in [0.5, 0.6) is 0 Å². The number of unbranched alkanes of at least 4 members (excludes halogenated alkanes) is 37. The highest BCUT2D eigenvalue weighted by Gasteiger charge is 2.19. The second-order valence-electron chi connectivity index (χ2n) is 20.9. The van der Waals surface area contributed by atoms with Gasteiger partial charge >= 0.3 is 17.9 Å². The van der Waals surface area contributed by atoms with Gasteiger partial charge in [-0.1, -0.05) is 285 Å². The van der Waals surface area contributed by atoms with Crippen LogP contribution in [0.2, 0.25) is 0 Å². The van der Waals surface area contributed by atoms with Crippen molar-refractivity contribution >= 4 is 17.9 Å². The number of esters is 3. The van der Waals surface area contributed by atoms with E-state index in [2.05, 4.69) is 34.6 Å². The molecule has 0 N–H and O–H groups in total. The SMILES string of the molecule is CCCCCCCCCCCCCCCCC(=O)OC[C@H](COC(=O)CCCCCCCCCCCCCCCCCCC(C)C)OC(=O)CCCCCCCCCCCCC(C)C. The Morgan fingerprint density at radius 2 is 0.516 bits per heavy atom. The number of hydrogen-bond donors (Lipinski definition) is 0. The largest absolute Gasteiger partial charge is 0.462 e. The van der Waals surface area contributed by atoms with Crippen molar-refractivity contribution in [3.63, 3.8) is 0 Å². The second-order valence-corrected chi connectivity index (χ2v) is 20.9. The molecule has 0 radical (unpaired) electrons. The Kier molecular flexibility index (Phi) is 49.6. The van der Waals surface area contributed by atoms with Crippen LogP contribution in [0.1, 0.15) is 324 Å². The lowest BCUT2D eigenvalue weighted by Crippen LogP contribution is -2.30. The van der Waals surface area contributed by atoms with Crippen LogP contribution in [0.4, 0.5) is 0 Å². The number of hydrogen-bond acceptors (Lipinski definition) is 6. The summed E-state index contributed by atoms with van der Waals surface area (Å²) in [4.78, 5) is 38.1. The summed E-state index contributed by atoms with van der Waals surface area (Å²) in [5.41, 5.74) is 0. The minimum absolute atomic E-state index is 0.0629. The number of carbonyl (C=O) groups is 3. The number of ether oxygens (including phenoxy) is 3. The maximum atomic E-state index is 12.8. The molecule has 0 spiro atoms. The fraction of sp³-hybridized carbons (Fsp3) is 0.948. The summed E-state index contributed by atoms with van der Waals surface area (Å²) in [6, 6.07) is 0. The van der Waals surface area contributed by atoms with E-state index in [0.29, 0.717) is 19.3 Å². The van der Waals surface area contributed by atoms with Crippen LogP contribution in [0, 0.1) is 11.8 Å². The Balaban J connectivity index is 4.26. The van der Waals surface area contributed by atoms with Crippen LogP contribution in [-0.2, 0) is 28.6 Å². The zero-order valence-corrected chi connectivity index (χ0v) is 43.9. The molecule has 0 aliphatic heterocycles. The van der Waals surface area contributed by atoms with Crippen molar-refractivity contribution in [2.24, 2.45) is 11.8 Å². The molecule has 0 aliphatic rings. The van der Waals surface area contributed by atoms with E-state index in [1.54, 1.807) is 0 Å². The van der Waals surface area contributed by atoms with Crippen LogP contribution >= 0.6 is 0 Å². The predicted octanol–water partition coefficient (Wildman–Crippen LogP) is 18.9. The first-order valence-corrected chi connectivity index (χ1v) is 28.7. The van der Waals surface area contributed by atoms with Crippen molar-refractivity contribution < 1.29 is 28.6 Å². The molecule has 0 saturated heterocycles. The molecule has 0 rings (SSSR count). The Hall–Kier alpha value is -1.59. The lowest BCUT2D eigenvalue weighted by Gasteiger charge is -2.18. The van der Waals surface area contributed by atoms with E-state index >= 15 is 0 Å². The molecule has 0 unspecified atom stereocenters. The highest BCUT2D eigenvalue weighted by atomic mass is 16.6. The maximum absolute atomic E-state index is 12.8. The molecule has 0 heterocycles. The van der Waals surface area contributed by atoms with Gasteiger partial charge in [0.15, 0.2) is 6.10 Å². The molecule has 0 aromatic heterocycles. The van der Waals surface area contributed by atoms with Gasteiger partial charge in [0.1, 0.15) is 13.2 Å². The first-order chi connectivity index (χ1) is 31.2. The predicted molar refractivity (Wildman–Crippen MR) is 275 cm³/mol. The van der Waals surface area contributed by atoms with E-state index in [1.165, 1.54) is 212 Å². The molecule has 380 valence electrons. The van der Waals surface area contributed by atoms with E-state index in [9.17, 15) is 14.4 Å². The van der Waals surface area contributed by atoms with E-state index in [-0.39, 0.29) is 31.1 Å². The first kappa shape index (κ1) is 62.4. The van der Waals surface area contributed by atoms with Crippen molar-refractivity contribution in [2.45, 2.75) is 330 Å². The van der Waals surface area contributed by atoms with Gasteiger partial charge in [-0.3, -0.25) is 14.4 Å². The average Bonchev–Trinajstić information content (AvgIpc) is 3.27. The fourth-order valence-electron chi connectivity index (χ4n) is 8.87. The van der Waals surface area contributed by atoms with E-state index < -0.39 is 6.10 Å². The summed E-state index contributed by atoms with van der Waals surface area (Å²) >= 11 is 0. The summed E-state index contributed by atoms with van der Waals surface area (Å²) in [6.07, 6.45) is 53.8. The topological polar surface area (TPSA) is 78.9 Å². The molecule has 6 nitrogen and oxygen atoms in total. The third-order valence-corrected chi connectivity index (χ3v) is 13.2. The maximum Gasteiger partial charge on any atom is 0.306 e. The fourth-order valence-corrected chi connectivity index (χ4v) is 8.87. The van der Waals surface area contributed by atoms with Gasteiger partial charge in [0.05, 0.1) is 0 Å². The molecule has 0 amide bonds. The molecule has 0 aromatic carbocycles. The molecule has 1 atom stereocenters. The second kappa shape index (κ2) is 50.8. The van der Waals surface area contributed by atoms with Gasteiger partial charge in [0.25, 0.3) is 0 Å². The Labute approximate surface area is 399 Å². The van der Waals surface area contributed by atoms with Gasteiger partial charge in [0.2, 0.25) is 0 Å². The van der Waals surface area contributed by atoms with Crippen molar-refractivity contribution in [3.05, 3.63) is 0 Å². The van der Waals surface area contributed by atoms with Gasteiger partial charge in [-0.05, 0) is 31.1 Å². The summed E-state index contributed by atoms with van der Waals surface area (Å²) in [6.45, 7) is 11.4. The van der Waals surface area contributed by atoms with Crippen LogP contribution < -0.4 is 0 Å². The van der Waals surface area contributed by atoms with E-state index in [1.807, 2.05) is 0 Å². The first-order valence-electron chi connectivity index (χ1n) is 28.7. The van der Waals surface area contributed by atoms with Crippen molar-refractivity contribution in [1.82, 2.24) is 0 Å². The third-order valence-electron chi connectivity index (χ3n) is 13.2. The zero-order chi connectivity index (χ0) is 46.8. The van der Waals surface area contributed by atoms with Gasteiger partial charge < -0.3 is 14.2 Å². The highest BCUT2D eigenvalue weighted by Crippen LogP contribution is 2.18. The Morgan fingerprint density at radius 3 is 0.766 bits per heavy atom. The lowest BCUT2D eigenvalue weighted by molar-refractivity contribution is -0.167. The smallest absolute Gasteiger partial charge is 0.306 e. The minimum atomic E-state index is -0.762. The minimum Gasteiger partial charge on any atom is -0.462 e. The Morgan fingerprint density at radius 1 is 0.297 bits per heavy atom. The van der Waals surface area contributed by atoms with Crippen molar-refractivity contribution in [2.75, 3.05) is 13.2 Å². The summed E-state index contributed by atoms with van der Waals surface area (Å²) in [5.74, 6) is 0.829. The Bertz CT molecular complexity index is 978. The summed E-state index contributed by atoms with van der Waals surface area (Å²) in [7, 11) is 0. The normalized spacial score (nSPS) is 12.0. The molecule has 0 bridgehead atoms. The van der Waals surface area contributed by atoms with Crippen molar-refractivity contribution in [1.29, 1.82) is 0 Å². The monoisotopic (exact) mass is 905 g/mol. The van der Waals surface area contributed by atoms with Crippen LogP contribution in [-0.4, -0.2) is 37.2 Å². The standard InChI is InChI=1S/C58H112O6/c1-6-7-8-9-10-11-12-13-19-22-28-33-38-43-48-56(59)62-51-55(64-58(61)50-45-40-35-30-25-24-27-32-37-42-47-54(4)5)52-63-57(60)49-44-39-34-29-23-20-17-15-14-16-18-21-26-31-36-41-46-53(2)3/h53-55H,6-52H2,1-5H3/t55-/m1/s1. The zero-order valence-electron chi connectivity index (χ0n) is 43.9. The molecule has 0 aromatic rings. The molecular weight excluding hydrogens is 793 g/mol. The molecule has 0 fully saturated rings. The summed E-state index contributed by atoms with van der Waals surface area (Å²) in [5, 5.41) is 0. The van der Waals surface area contributed by atoms with Gasteiger partial charge in [-0.2, -0.15) is 0 Å². The lowest BCUT2D eigenvalue weighted by atomic mass is 10.0. The quantitative estimate of drug-likeness (QED) is 0.0344. The molecular formula is C58H112O6. The van der Waals surface area contributed by atoms with E-state index in [4.69, 9.17) is 14.2 Å². The van der Waals surface area contributed by atoms with Gasteiger partial charge in [-0.15, -0.1) is 0 Å². The molecule has 0 saturated carbocycles. The van der Waals surface area contributed by atoms with Crippen LogP contribution in [0.25, 0.3) is 0 Å². The summed E-state index contributed by atoms with van der Waals surface area (Å²) < 4.78 is 16.9. The van der Waals surface area contributed by atoms with Gasteiger partial charge in [-0.25, -0.2) is 0 Å². The third kappa shape index (κ3) is 51.4. The molecule has 0 aliphatic carbocycles. The van der Waals surface area contributed by atoms with Crippen LogP contribution in [0.15, 0.2) is 0 Å². The number of carbonyl (C=O) groups excluding carboxylic acids is 3.